The van der Waals surface area contributed by atoms with Gasteiger partial charge in [-0.25, -0.2) is 4.79 Å². The number of carbonyl (C=O) groups is 2. The van der Waals surface area contributed by atoms with Gasteiger partial charge in [0, 0.05) is 12.2 Å². The Balaban J connectivity index is 2.04. The molecule has 0 aliphatic heterocycles. The molecule has 0 saturated carbocycles. The molecule has 6 heteroatoms. The minimum absolute atomic E-state index is 0.246. The molecular formula is C17H18N2O4. The molecular weight excluding hydrogens is 296 g/mol. The van der Waals surface area contributed by atoms with Crippen molar-refractivity contribution >= 4 is 11.9 Å². The van der Waals surface area contributed by atoms with E-state index >= 15 is 0 Å². The summed E-state index contributed by atoms with van der Waals surface area (Å²) in [4.78, 5) is 27.7. The van der Waals surface area contributed by atoms with Gasteiger partial charge in [0.15, 0.2) is 0 Å². The van der Waals surface area contributed by atoms with Gasteiger partial charge in [-0.2, -0.15) is 0 Å². The molecule has 1 aromatic carbocycles. The lowest BCUT2D eigenvalue weighted by atomic mass is 10.1. The van der Waals surface area contributed by atoms with Gasteiger partial charge < -0.3 is 14.8 Å². The van der Waals surface area contributed by atoms with Crippen LogP contribution in [0.25, 0.3) is 0 Å². The van der Waals surface area contributed by atoms with Crippen LogP contribution in [0.2, 0.25) is 0 Å². The van der Waals surface area contributed by atoms with Gasteiger partial charge in [0.25, 0.3) is 5.91 Å². The van der Waals surface area contributed by atoms with Gasteiger partial charge in [-0.15, -0.1) is 0 Å². The Labute approximate surface area is 134 Å². The number of nitrogens with zero attached hydrogens (tertiary/aromatic N) is 1. The average molecular weight is 314 g/mol. The van der Waals surface area contributed by atoms with Crippen molar-refractivity contribution in [2.75, 3.05) is 14.2 Å². The monoisotopic (exact) mass is 314 g/mol. The lowest BCUT2D eigenvalue weighted by Gasteiger charge is -2.10. The number of rotatable bonds is 5. The molecule has 0 spiro atoms. The highest BCUT2D eigenvalue weighted by Crippen LogP contribution is 2.17. The van der Waals surface area contributed by atoms with Crippen LogP contribution in [0.4, 0.5) is 0 Å². The lowest BCUT2D eigenvalue weighted by molar-refractivity contribution is 0.0600. The van der Waals surface area contributed by atoms with Crippen LogP contribution in [0.1, 0.15) is 32.0 Å². The second-order valence-corrected chi connectivity index (χ2v) is 4.90. The molecule has 2 rings (SSSR count). The number of aryl methyl sites for hydroxylation is 1. The van der Waals surface area contributed by atoms with Crippen LogP contribution in [-0.2, 0) is 11.3 Å². The van der Waals surface area contributed by atoms with Crippen molar-refractivity contribution in [3.05, 3.63) is 58.9 Å². The number of hydrogen-bond donors (Lipinski definition) is 1. The fourth-order valence-electron chi connectivity index (χ4n) is 2.04. The van der Waals surface area contributed by atoms with Crippen molar-refractivity contribution < 1.29 is 19.1 Å². The van der Waals surface area contributed by atoms with Gasteiger partial charge in [-0.05, 0) is 30.7 Å². The van der Waals surface area contributed by atoms with E-state index in [0.717, 1.165) is 11.3 Å². The number of methoxy groups -OCH3 is 2. The number of pyridine rings is 1. The molecule has 120 valence electrons. The third kappa shape index (κ3) is 4.06. The second-order valence-electron chi connectivity index (χ2n) is 4.90. The summed E-state index contributed by atoms with van der Waals surface area (Å²) in [6.45, 7) is 2.15. The fraction of sp³-hybridized carbons (Fsp3) is 0.235. The van der Waals surface area contributed by atoms with Gasteiger partial charge in [0.2, 0.25) is 0 Å². The summed E-state index contributed by atoms with van der Waals surface area (Å²) in [6.07, 6.45) is 1.52. The normalized spacial score (nSPS) is 10.0. The van der Waals surface area contributed by atoms with Crippen molar-refractivity contribution in [1.82, 2.24) is 10.3 Å². The lowest BCUT2D eigenvalue weighted by Crippen LogP contribution is -2.23. The van der Waals surface area contributed by atoms with Crippen LogP contribution < -0.4 is 10.1 Å². The minimum Gasteiger partial charge on any atom is -0.494 e. The predicted octanol–water partition coefficient (Wildman–Crippen LogP) is 2.12. The van der Waals surface area contributed by atoms with E-state index in [4.69, 9.17) is 4.74 Å². The molecule has 0 saturated heterocycles. The zero-order valence-electron chi connectivity index (χ0n) is 13.3. The van der Waals surface area contributed by atoms with Crippen molar-refractivity contribution in [3.63, 3.8) is 0 Å². The van der Waals surface area contributed by atoms with Crippen LogP contribution >= 0.6 is 0 Å². The summed E-state index contributed by atoms with van der Waals surface area (Å²) >= 11 is 0. The van der Waals surface area contributed by atoms with Crippen LogP contribution in [-0.4, -0.2) is 31.1 Å². The van der Waals surface area contributed by atoms with E-state index in [1.807, 2.05) is 6.92 Å². The average Bonchev–Trinajstić information content (AvgIpc) is 2.59. The summed E-state index contributed by atoms with van der Waals surface area (Å²) in [6, 6.07) is 8.52. The van der Waals surface area contributed by atoms with E-state index in [1.54, 1.807) is 30.3 Å². The van der Waals surface area contributed by atoms with Gasteiger partial charge in [-0.1, -0.05) is 12.1 Å². The summed E-state index contributed by atoms with van der Waals surface area (Å²) in [5, 5.41) is 2.82. The van der Waals surface area contributed by atoms with Crippen LogP contribution in [0.15, 0.2) is 36.5 Å². The summed E-state index contributed by atoms with van der Waals surface area (Å²) < 4.78 is 9.79. The largest absolute Gasteiger partial charge is 0.494 e. The molecule has 0 radical (unpaired) electrons. The van der Waals surface area contributed by atoms with E-state index in [0.29, 0.717) is 23.4 Å². The van der Waals surface area contributed by atoms with E-state index in [1.165, 1.54) is 20.4 Å². The van der Waals surface area contributed by atoms with E-state index < -0.39 is 5.97 Å². The van der Waals surface area contributed by atoms with Crippen molar-refractivity contribution in [1.29, 1.82) is 0 Å². The fourth-order valence-corrected chi connectivity index (χ4v) is 2.04. The van der Waals surface area contributed by atoms with Crippen molar-refractivity contribution in [2.45, 2.75) is 13.5 Å². The molecule has 6 nitrogen and oxygen atoms in total. The topological polar surface area (TPSA) is 77.5 Å². The zero-order valence-corrected chi connectivity index (χ0v) is 13.3. The summed E-state index contributed by atoms with van der Waals surface area (Å²) in [7, 11) is 2.83. The number of esters is 1. The van der Waals surface area contributed by atoms with E-state index in [2.05, 4.69) is 15.0 Å². The molecule has 0 bridgehead atoms. The Morgan fingerprint density at radius 1 is 1.17 bits per heavy atom. The second kappa shape index (κ2) is 7.40. The van der Waals surface area contributed by atoms with Gasteiger partial charge in [0.05, 0.1) is 31.5 Å². The maximum atomic E-state index is 12.3. The number of ether oxygens (including phenoxy) is 2. The van der Waals surface area contributed by atoms with Gasteiger partial charge in [0.1, 0.15) is 5.75 Å². The highest BCUT2D eigenvalue weighted by molar-refractivity contribution is 5.96. The standard InChI is InChI=1S/C17H18N2O4/c1-11-8-14(15(22-2)10-18-11)16(20)19-9-12-4-6-13(7-5-12)17(21)23-3/h4-8,10H,9H2,1-3H3,(H,19,20). The maximum Gasteiger partial charge on any atom is 0.337 e. The Morgan fingerprint density at radius 3 is 2.48 bits per heavy atom. The minimum atomic E-state index is -0.391. The highest BCUT2D eigenvalue weighted by Gasteiger charge is 2.13. The van der Waals surface area contributed by atoms with E-state index in [9.17, 15) is 9.59 Å². The van der Waals surface area contributed by atoms with Crippen LogP contribution in [0.3, 0.4) is 0 Å². The third-order valence-electron chi connectivity index (χ3n) is 3.30. The Bertz CT molecular complexity index is 711. The number of carbonyl (C=O) groups excluding carboxylic acids is 2. The van der Waals surface area contributed by atoms with Crippen LogP contribution in [0, 0.1) is 6.92 Å². The molecule has 0 atom stereocenters. The molecule has 1 heterocycles. The first-order valence-corrected chi connectivity index (χ1v) is 7.01. The zero-order chi connectivity index (χ0) is 16.8. The number of amides is 1. The number of aromatic nitrogens is 1. The number of hydrogen-bond acceptors (Lipinski definition) is 5. The van der Waals surface area contributed by atoms with Crippen LogP contribution in [0.5, 0.6) is 5.75 Å². The summed E-state index contributed by atoms with van der Waals surface area (Å²) in [5.74, 6) is -0.212. The molecule has 1 amide bonds. The molecule has 2 aromatic rings. The quantitative estimate of drug-likeness (QED) is 0.855. The van der Waals surface area contributed by atoms with Gasteiger partial charge >= 0.3 is 5.97 Å². The van der Waals surface area contributed by atoms with E-state index in [-0.39, 0.29) is 5.91 Å². The maximum absolute atomic E-state index is 12.3. The molecule has 0 aliphatic rings. The first-order valence-electron chi connectivity index (χ1n) is 7.01. The molecule has 1 N–H and O–H groups in total. The number of benzene rings is 1. The predicted molar refractivity (Wildman–Crippen MR) is 84.5 cm³/mol. The first kappa shape index (κ1) is 16.5. The number of nitrogens with one attached hydrogen (secondary N) is 1. The highest BCUT2D eigenvalue weighted by atomic mass is 16.5. The molecule has 0 fully saturated rings. The Hall–Kier alpha value is -2.89. The smallest absolute Gasteiger partial charge is 0.337 e. The molecule has 0 aliphatic carbocycles. The van der Waals surface area contributed by atoms with Crippen molar-refractivity contribution in [2.24, 2.45) is 0 Å². The molecule has 0 unspecified atom stereocenters. The first-order chi connectivity index (χ1) is 11.0. The Kier molecular flexibility index (Phi) is 5.30. The molecule has 1 aromatic heterocycles. The summed E-state index contributed by atoms with van der Waals surface area (Å²) in [5.41, 5.74) is 2.51. The Morgan fingerprint density at radius 2 is 1.87 bits per heavy atom. The van der Waals surface area contributed by atoms with Crippen molar-refractivity contribution in [3.8, 4) is 5.75 Å². The molecule has 23 heavy (non-hydrogen) atoms. The van der Waals surface area contributed by atoms with Gasteiger partial charge in [-0.3, -0.25) is 9.78 Å². The SMILES string of the molecule is COC(=O)c1ccc(CNC(=O)c2cc(C)ncc2OC)cc1. The third-order valence-corrected chi connectivity index (χ3v) is 3.30.